The molecule has 1 aromatic rings. The van der Waals surface area contributed by atoms with Crippen molar-refractivity contribution in [3.05, 3.63) is 35.4 Å². The molecule has 0 aliphatic rings. The van der Waals surface area contributed by atoms with Crippen LogP contribution in [0.15, 0.2) is 24.3 Å². The van der Waals surface area contributed by atoms with Crippen molar-refractivity contribution in [3.8, 4) is 0 Å². The van der Waals surface area contributed by atoms with Crippen LogP contribution in [0.25, 0.3) is 0 Å². The second-order valence-corrected chi connectivity index (χ2v) is 3.70. The highest BCUT2D eigenvalue weighted by Crippen LogP contribution is 2.20. The third-order valence-electron chi connectivity index (χ3n) is 2.77. The van der Waals surface area contributed by atoms with Crippen molar-refractivity contribution in [2.75, 3.05) is 21.3 Å². The number of benzene rings is 1. The Kier molecular flexibility index (Phi) is 5.46. The summed E-state index contributed by atoms with van der Waals surface area (Å²) >= 11 is 0. The van der Waals surface area contributed by atoms with Crippen LogP contribution >= 0.6 is 0 Å². The van der Waals surface area contributed by atoms with E-state index in [1.54, 1.807) is 14.2 Å². The Morgan fingerprint density at radius 3 is 2.44 bits per heavy atom. The number of methoxy groups -OCH3 is 2. The first-order chi connectivity index (χ1) is 7.76. The van der Waals surface area contributed by atoms with Crippen molar-refractivity contribution in [1.82, 2.24) is 5.32 Å². The average Bonchev–Trinajstić information content (AvgIpc) is 2.35. The van der Waals surface area contributed by atoms with Gasteiger partial charge in [-0.1, -0.05) is 31.2 Å². The van der Waals surface area contributed by atoms with E-state index in [4.69, 9.17) is 9.47 Å². The Balaban J connectivity index is 2.93. The van der Waals surface area contributed by atoms with E-state index >= 15 is 0 Å². The van der Waals surface area contributed by atoms with Gasteiger partial charge in [-0.15, -0.1) is 0 Å². The van der Waals surface area contributed by atoms with Crippen LogP contribution in [0.3, 0.4) is 0 Å². The minimum Gasteiger partial charge on any atom is -0.354 e. The van der Waals surface area contributed by atoms with Crippen LogP contribution < -0.4 is 5.32 Å². The van der Waals surface area contributed by atoms with Gasteiger partial charge in [0.2, 0.25) is 0 Å². The lowest BCUT2D eigenvalue weighted by Gasteiger charge is -2.25. The molecular weight excluding hydrogens is 202 g/mol. The van der Waals surface area contributed by atoms with Crippen LogP contribution in [-0.2, 0) is 15.9 Å². The predicted molar refractivity (Wildman–Crippen MR) is 65.4 cm³/mol. The highest BCUT2D eigenvalue weighted by Gasteiger charge is 2.20. The van der Waals surface area contributed by atoms with Gasteiger partial charge in [0, 0.05) is 14.2 Å². The van der Waals surface area contributed by atoms with Gasteiger partial charge in [0.15, 0.2) is 6.29 Å². The molecule has 0 saturated carbocycles. The van der Waals surface area contributed by atoms with Crippen molar-refractivity contribution >= 4 is 0 Å². The molecule has 3 heteroatoms. The zero-order valence-corrected chi connectivity index (χ0v) is 10.5. The zero-order chi connectivity index (χ0) is 12.0. The van der Waals surface area contributed by atoms with Crippen molar-refractivity contribution in [2.24, 2.45) is 0 Å². The van der Waals surface area contributed by atoms with E-state index < -0.39 is 0 Å². The summed E-state index contributed by atoms with van der Waals surface area (Å²) in [5.74, 6) is 0. The number of nitrogens with one attached hydrogen (secondary N) is 1. The lowest BCUT2D eigenvalue weighted by molar-refractivity contribution is -0.123. The molecule has 0 heterocycles. The van der Waals surface area contributed by atoms with Gasteiger partial charge in [-0.3, -0.25) is 0 Å². The van der Waals surface area contributed by atoms with Gasteiger partial charge in [-0.05, 0) is 24.6 Å². The van der Waals surface area contributed by atoms with Crippen LogP contribution in [0.1, 0.15) is 24.1 Å². The van der Waals surface area contributed by atoms with Crippen LogP contribution in [0, 0.1) is 0 Å². The Bertz CT molecular complexity index is 311. The van der Waals surface area contributed by atoms with Crippen molar-refractivity contribution in [3.63, 3.8) is 0 Å². The van der Waals surface area contributed by atoms with Gasteiger partial charge in [-0.2, -0.15) is 0 Å². The summed E-state index contributed by atoms with van der Waals surface area (Å²) in [5, 5.41) is 3.22. The zero-order valence-electron chi connectivity index (χ0n) is 10.5. The van der Waals surface area contributed by atoms with Gasteiger partial charge in [0.25, 0.3) is 0 Å². The molecule has 0 bridgehead atoms. The largest absolute Gasteiger partial charge is 0.354 e. The van der Waals surface area contributed by atoms with Crippen LogP contribution in [0.4, 0.5) is 0 Å². The molecule has 0 aliphatic heterocycles. The maximum absolute atomic E-state index is 5.30. The normalized spacial score (nSPS) is 13.1. The standard InChI is InChI=1S/C13H21NO2/c1-5-10-7-6-8-11(9-10)12(14-2)13(15-3)16-4/h6-9,12-14H,5H2,1-4H3. The molecule has 1 atom stereocenters. The number of rotatable bonds is 6. The fourth-order valence-corrected chi connectivity index (χ4v) is 1.83. The number of aryl methyl sites for hydroxylation is 1. The second kappa shape index (κ2) is 6.63. The summed E-state index contributed by atoms with van der Waals surface area (Å²) in [6.07, 6.45) is 0.770. The Morgan fingerprint density at radius 1 is 1.25 bits per heavy atom. The van der Waals surface area contributed by atoms with E-state index in [9.17, 15) is 0 Å². The summed E-state index contributed by atoms with van der Waals surface area (Å²) in [5.41, 5.74) is 2.51. The van der Waals surface area contributed by atoms with Crippen LogP contribution in [0.5, 0.6) is 0 Å². The molecule has 0 fully saturated rings. The third kappa shape index (κ3) is 3.04. The van der Waals surface area contributed by atoms with Crippen LogP contribution in [-0.4, -0.2) is 27.6 Å². The third-order valence-corrected chi connectivity index (χ3v) is 2.77. The lowest BCUT2D eigenvalue weighted by Crippen LogP contribution is -2.32. The quantitative estimate of drug-likeness (QED) is 0.749. The topological polar surface area (TPSA) is 30.5 Å². The first-order valence-electron chi connectivity index (χ1n) is 5.58. The molecule has 0 radical (unpaired) electrons. The Morgan fingerprint density at radius 2 is 1.94 bits per heavy atom. The van der Waals surface area contributed by atoms with Gasteiger partial charge in [0.1, 0.15) is 0 Å². The molecular formula is C13H21NO2. The van der Waals surface area contributed by atoms with Crippen molar-refractivity contribution < 1.29 is 9.47 Å². The molecule has 0 amide bonds. The second-order valence-electron chi connectivity index (χ2n) is 3.70. The van der Waals surface area contributed by atoms with Crippen molar-refractivity contribution in [1.29, 1.82) is 0 Å². The van der Waals surface area contributed by atoms with Gasteiger partial charge in [0.05, 0.1) is 6.04 Å². The molecule has 0 aliphatic carbocycles. The van der Waals surface area contributed by atoms with E-state index in [-0.39, 0.29) is 12.3 Å². The maximum atomic E-state index is 5.30. The molecule has 0 aromatic heterocycles. The molecule has 0 saturated heterocycles. The van der Waals surface area contributed by atoms with E-state index in [1.807, 2.05) is 7.05 Å². The van der Waals surface area contributed by atoms with E-state index in [2.05, 4.69) is 36.5 Å². The molecule has 1 N–H and O–H groups in total. The first kappa shape index (κ1) is 13.2. The van der Waals surface area contributed by atoms with Gasteiger partial charge >= 0.3 is 0 Å². The van der Waals surface area contributed by atoms with E-state index in [0.717, 1.165) is 6.42 Å². The predicted octanol–water partition coefficient (Wildman–Crippen LogP) is 2.13. The van der Waals surface area contributed by atoms with E-state index in [0.29, 0.717) is 0 Å². The summed E-state index contributed by atoms with van der Waals surface area (Å²) in [6, 6.07) is 8.53. The Hall–Kier alpha value is -0.900. The number of hydrogen-bond donors (Lipinski definition) is 1. The van der Waals surface area contributed by atoms with E-state index in [1.165, 1.54) is 11.1 Å². The Labute approximate surface area is 97.8 Å². The van der Waals surface area contributed by atoms with Gasteiger partial charge in [-0.25, -0.2) is 0 Å². The lowest BCUT2D eigenvalue weighted by atomic mass is 10.0. The molecule has 90 valence electrons. The smallest absolute Gasteiger partial charge is 0.176 e. The highest BCUT2D eigenvalue weighted by atomic mass is 16.7. The molecule has 1 aromatic carbocycles. The molecule has 1 rings (SSSR count). The monoisotopic (exact) mass is 223 g/mol. The molecule has 16 heavy (non-hydrogen) atoms. The minimum absolute atomic E-state index is 0.0569. The SMILES string of the molecule is CCc1cccc(C(NC)C(OC)OC)c1. The summed E-state index contributed by atoms with van der Waals surface area (Å²) < 4.78 is 10.6. The molecule has 1 unspecified atom stereocenters. The molecule has 0 spiro atoms. The summed E-state index contributed by atoms with van der Waals surface area (Å²) in [4.78, 5) is 0. The van der Waals surface area contributed by atoms with Crippen molar-refractivity contribution in [2.45, 2.75) is 25.7 Å². The number of ether oxygens (including phenoxy) is 2. The average molecular weight is 223 g/mol. The van der Waals surface area contributed by atoms with Crippen LogP contribution in [0.2, 0.25) is 0 Å². The molecule has 3 nitrogen and oxygen atoms in total. The highest BCUT2D eigenvalue weighted by molar-refractivity contribution is 5.26. The first-order valence-corrected chi connectivity index (χ1v) is 5.58. The summed E-state index contributed by atoms with van der Waals surface area (Å²) in [7, 11) is 5.22. The number of hydrogen-bond acceptors (Lipinski definition) is 3. The fraction of sp³-hybridized carbons (Fsp3) is 0.538. The minimum atomic E-state index is -0.267. The fourth-order valence-electron chi connectivity index (χ4n) is 1.83. The number of likely N-dealkylation sites (N-methyl/N-ethyl adjacent to an activating group) is 1. The summed E-state index contributed by atoms with van der Waals surface area (Å²) in [6.45, 7) is 2.15. The van der Waals surface area contributed by atoms with Gasteiger partial charge < -0.3 is 14.8 Å². The maximum Gasteiger partial charge on any atom is 0.176 e.